The van der Waals surface area contributed by atoms with Gasteiger partial charge in [-0.25, -0.2) is 9.59 Å². The van der Waals surface area contributed by atoms with E-state index in [9.17, 15) is 19.5 Å². The molecule has 174 valence electrons. The minimum absolute atomic E-state index is 0.0425. The minimum atomic E-state index is -1.10. The highest BCUT2D eigenvalue weighted by Crippen LogP contribution is 2.44. The number of alkyl carbamates (subject to hydrolysis) is 1. The number of aliphatic carboxylic acids is 1. The molecule has 33 heavy (non-hydrogen) atoms. The Balaban J connectivity index is 1.31. The second-order valence-electron chi connectivity index (χ2n) is 9.06. The number of carbonyl (C=O) groups is 3. The fourth-order valence-electron chi connectivity index (χ4n) is 4.37. The van der Waals surface area contributed by atoms with Crippen LogP contribution in [0.25, 0.3) is 11.1 Å². The number of carboxylic acids is 1. The van der Waals surface area contributed by atoms with E-state index in [2.05, 4.69) is 22.8 Å². The monoisotopic (exact) mass is 452 g/mol. The summed E-state index contributed by atoms with van der Waals surface area (Å²) in [6, 6.07) is 15.6. The van der Waals surface area contributed by atoms with Crippen LogP contribution in [-0.4, -0.2) is 55.0 Å². The van der Waals surface area contributed by atoms with Gasteiger partial charge in [-0.2, -0.15) is 0 Å². The third kappa shape index (κ3) is 4.71. The maximum Gasteiger partial charge on any atom is 0.407 e. The van der Waals surface area contributed by atoms with Crippen LogP contribution < -0.4 is 10.6 Å². The first-order valence-electron chi connectivity index (χ1n) is 11.0. The van der Waals surface area contributed by atoms with Gasteiger partial charge in [-0.05, 0) is 42.5 Å². The zero-order valence-electron chi connectivity index (χ0n) is 18.7. The van der Waals surface area contributed by atoms with Crippen molar-refractivity contribution in [2.75, 3.05) is 19.8 Å². The summed E-state index contributed by atoms with van der Waals surface area (Å²) >= 11 is 0. The normalized spacial score (nSPS) is 19.5. The molecule has 4 rings (SSSR count). The SMILES string of the molecule is CC(C)(CNC(=O)OCC1c2ccccc2-c2ccccc21)C(=O)N[C@@H]1CCO[C@@H]1C(=O)O. The quantitative estimate of drug-likeness (QED) is 0.595. The van der Waals surface area contributed by atoms with E-state index >= 15 is 0 Å². The number of fused-ring (bicyclic) bond motifs is 3. The molecule has 3 N–H and O–H groups in total. The number of carboxylic acid groups (broad SMARTS) is 1. The molecule has 2 amide bonds. The topological polar surface area (TPSA) is 114 Å². The van der Waals surface area contributed by atoms with Crippen LogP contribution in [0.5, 0.6) is 0 Å². The van der Waals surface area contributed by atoms with Gasteiger partial charge in [-0.3, -0.25) is 4.79 Å². The second kappa shape index (κ2) is 9.23. The van der Waals surface area contributed by atoms with Gasteiger partial charge < -0.3 is 25.2 Å². The van der Waals surface area contributed by atoms with Gasteiger partial charge in [-0.1, -0.05) is 48.5 Å². The van der Waals surface area contributed by atoms with Crippen LogP contribution in [0.1, 0.15) is 37.3 Å². The zero-order valence-corrected chi connectivity index (χ0v) is 18.7. The van der Waals surface area contributed by atoms with E-state index in [1.807, 2.05) is 36.4 Å². The predicted molar refractivity (Wildman–Crippen MR) is 121 cm³/mol. The molecule has 1 saturated heterocycles. The summed E-state index contributed by atoms with van der Waals surface area (Å²) in [5.41, 5.74) is 3.58. The van der Waals surface area contributed by atoms with Crippen molar-refractivity contribution in [1.82, 2.24) is 10.6 Å². The van der Waals surface area contributed by atoms with Crippen molar-refractivity contribution in [2.24, 2.45) is 5.41 Å². The Kier molecular flexibility index (Phi) is 6.37. The van der Waals surface area contributed by atoms with E-state index < -0.39 is 29.6 Å². The first-order chi connectivity index (χ1) is 15.8. The lowest BCUT2D eigenvalue weighted by atomic mass is 9.91. The van der Waals surface area contributed by atoms with Gasteiger partial charge in [0.15, 0.2) is 6.10 Å². The van der Waals surface area contributed by atoms with Crippen molar-refractivity contribution < 1.29 is 29.0 Å². The average Bonchev–Trinajstić information content (AvgIpc) is 3.39. The summed E-state index contributed by atoms with van der Waals surface area (Å²) in [6.07, 6.45) is -1.23. The van der Waals surface area contributed by atoms with Gasteiger partial charge in [0.25, 0.3) is 0 Å². The molecule has 8 heteroatoms. The molecule has 2 aliphatic rings. The Hall–Kier alpha value is -3.39. The first-order valence-corrected chi connectivity index (χ1v) is 11.0. The molecule has 0 unspecified atom stereocenters. The number of carbonyl (C=O) groups excluding carboxylic acids is 2. The number of nitrogens with one attached hydrogen (secondary N) is 2. The Bertz CT molecular complexity index is 1020. The standard InChI is InChI=1S/C25H28N2O6/c1-25(2,23(30)27-20-11-12-32-21(20)22(28)29)14-26-24(31)33-13-19-17-9-5-3-7-15(17)16-8-4-6-10-18(16)19/h3-10,19-21H,11-14H2,1-2H3,(H,26,31)(H,27,30)(H,28,29)/t20-,21+/m1/s1. The van der Waals surface area contributed by atoms with Crippen LogP contribution in [-0.2, 0) is 19.1 Å². The van der Waals surface area contributed by atoms with Crippen molar-refractivity contribution in [2.45, 2.75) is 38.3 Å². The van der Waals surface area contributed by atoms with Crippen LogP contribution in [0.3, 0.4) is 0 Å². The smallest absolute Gasteiger partial charge is 0.407 e. The van der Waals surface area contributed by atoms with Gasteiger partial charge in [0.05, 0.1) is 11.5 Å². The highest BCUT2D eigenvalue weighted by Gasteiger charge is 2.38. The molecular formula is C25H28N2O6. The predicted octanol–water partition coefficient (Wildman–Crippen LogP) is 2.91. The largest absolute Gasteiger partial charge is 0.479 e. The molecule has 0 aromatic heterocycles. The summed E-state index contributed by atoms with van der Waals surface area (Å²) in [6.45, 7) is 3.86. The third-order valence-corrected chi connectivity index (χ3v) is 6.28. The van der Waals surface area contributed by atoms with E-state index in [4.69, 9.17) is 9.47 Å². The number of ether oxygens (including phenoxy) is 2. The molecule has 1 heterocycles. The van der Waals surface area contributed by atoms with Crippen LogP contribution >= 0.6 is 0 Å². The summed E-state index contributed by atoms with van der Waals surface area (Å²) in [4.78, 5) is 36.4. The first kappa shape index (κ1) is 22.8. The lowest BCUT2D eigenvalue weighted by molar-refractivity contribution is -0.148. The van der Waals surface area contributed by atoms with Gasteiger partial charge in [0.1, 0.15) is 6.61 Å². The number of amides is 2. The van der Waals surface area contributed by atoms with Crippen LogP contribution in [0.4, 0.5) is 4.79 Å². The molecule has 0 bridgehead atoms. The Morgan fingerprint density at radius 1 is 1.06 bits per heavy atom. The molecule has 2 aromatic rings. The lowest BCUT2D eigenvalue weighted by Crippen LogP contribution is -2.51. The third-order valence-electron chi connectivity index (χ3n) is 6.28. The molecule has 8 nitrogen and oxygen atoms in total. The zero-order chi connectivity index (χ0) is 23.6. The molecule has 1 aliphatic carbocycles. The van der Waals surface area contributed by atoms with E-state index in [0.717, 1.165) is 22.3 Å². The molecule has 1 aliphatic heterocycles. The summed E-state index contributed by atoms with van der Waals surface area (Å²) in [5.74, 6) is -1.51. The minimum Gasteiger partial charge on any atom is -0.479 e. The lowest BCUT2D eigenvalue weighted by Gasteiger charge is -2.27. The van der Waals surface area contributed by atoms with E-state index in [1.165, 1.54) is 0 Å². The van der Waals surface area contributed by atoms with Crippen LogP contribution in [0, 0.1) is 5.41 Å². The summed E-state index contributed by atoms with van der Waals surface area (Å²) < 4.78 is 10.7. The van der Waals surface area contributed by atoms with E-state index in [0.29, 0.717) is 6.42 Å². The molecule has 2 aromatic carbocycles. The van der Waals surface area contributed by atoms with Crippen molar-refractivity contribution in [3.05, 3.63) is 59.7 Å². The number of hydrogen-bond acceptors (Lipinski definition) is 5. The fraction of sp³-hybridized carbons (Fsp3) is 0.400. The maximum atomic E-state index is 12.7. The average molecular weight is 453 g/mol. The fourth-order valence-corrected chi connectivity index (χ4v) is 4.37. The highest BCUT2D eigenvalue weighted by molar-refractivity contribution is 5.84. The molecule has 0 radical (unpaired) electrons. The molecule has 0 spiro atoms. The van der Waals surface area contributed by atoms with Crippen molar-refractivity contribution >= 4 is 18.0 Å². The second-order valence-corrected chi connectivity index (χ2v) is 9.06. The van der Waals surface area contributed by atoms with Crippen molar-refractivity contribution in [3.63, 3.8) is 0 Å². The number of benzene rings is 2. The Morgan fingerprint density at radius 3 is 2.27 bits per heavy atom. The molecule has 2 atom stereocenters. The number of rotatable bonds is 7. The van der Waals surface area contributed by atoms with Gasteiger partial charge in [-0.15, -0.1) is 0 Å². The Labute approximate surface area is 192 Å². The highest BCUT2D eigenvalue weighted by atomic mass is 16.5. The summed E-state index contributed by atoms with van der Waals surface area (Å²) in [7, 11) is 0. The Morgan fingerprint density at radius 2 is 1.67 bits per heavy atom. The molecule has 0 saturated carbocycles. The molecule has 1 fully saturated rings. The molecular weight excluding hydrogens is 424 g/mol. The summed E-state index contributed by atoms with van der Waals surface area (Å²) in [5, 5.41) is 14.6. The number of hydrogen-bond donors (Lipinski definition) is 3. The van der Waals surface area contributed by atoms with Crippen molar-refractivity contribution in [3.8, 4) is 11.1 Å². The maximum absolute atomic E-state index is 12.7. The van der Waals surface area contributed by atoms with Crippen LogP contribution in [0.15, 0.2) is 48.5 Å². The van der Waals surface area contributed by atoms with Crippen molar-refractivity contribution in [1.29, 1.82) is 0 Å². The van der Waals surface area contributed by atoms with E-state index in [1.54, 1.807) is 13.8 Å². The van der Waals surface area contributed by atoms with Crippen LogP contribution in [0.2, 0.25) is 0 Å². The van der Waals surface area contributed by atoms with Gasteiger partial charge in [0, 0.05) is 19.1 Å². The van der Waals surface area contributed by atoms with E-state index in [-0.39, 0.29) is 31.6 Å². The van der Waals surface area contributed by atoms with Gasteiger partial charge >= 0.3 is 12.1 Å². The van der Waals surface area contributed by atoms with Gasteiger partial charge in [0.2, 0.25) is 5.91 Å².